The topological polar surface area (TPSA) is 44.8 Å². The summed E-state index contributed by atoms with van der Waals surface area (Å²) >= 11 is 0. The zero-order chi connectivity index (χ0) is 17.4. The largest absolute Gasteiger partial charge is 0.484 e. The number of amides is 1. The molecule has 1 unspecified atom stereocenters. The Labute approximate surface area is 143 Å². The van der Waals surface area contributed by atoms with Crippen molar-refractivity contribution in [3.05, 3.63) is 30.1 Å². The minimum Gasteiger partial charge on any atom is -0.484 e. The Morgan fingerprint density at radius 2 is 1.83 bits per heavy atom. The molecule has 0 radical (unpaired) electrons. The second-order valence-corrected chi connectivity index (χ2v) is 6.39. The summed E-state index contributed by atoms with van der Waals surface area (Å²) in [5, 5.41) is 2.90. The standard InChI is InChI=1S/C18H28FN3O2/c1-3-21-8-10-22(11-9-21)13-15(2)12-20-18(23)14-24-17-6-4-16(19)5-7-17/h4-7,15H,3,8-14H2,1-2H3,(H,20,23). The van der Waals surface area contributed by atoms with Crippen LogP contribution in [-0.4, -0.2) is 68.1 Å². The molecule has 0 aliphatic carbocycles. The average molecular weight is 337 g/mol. The fraction of sp³-hybridized carbons (Fsp3) is 0.611. The van der Waals surface area contributed by atoms with E-state index in [1.165, 1.54) is 24.3 Å². The molecule has 5 nitrogen and oxygen atoms in total. The highest BCUT2D eigenvalue weighted by Gasteiger charge is 2.17. The Hall–Kier alpha value is -1.66. The molecule has 1 heterocycles. The Kier molecular flexibility index (Phi) is 7.46. The van der Waals surface area contributed by atoms with Crippen LogP contribution in [0, 0.1) is 11.7 Å². The zero-order valence-electron chi connectivity index (χ0n) is 14.6. The first-order valence-corrected chi connectivity index (χ1v) is 8.66. The van der Waals surface area contributed by atoms with Crippen LogP contribution in [0.1, 0.15) is 13.8 Å². The first-order valence-electron chi connectivity index (χ1n) is 8.66. The van der Waals surface area contributed by atoms with E-state index in [9.17, 15) is 9.18 Å². The van der Waals surface area contributed by atoms with Gasteiger partial charge in [-0.15, -0.1) is 0 Å². The van der Waals surface area contributed by atoms with E-state index in [1.807, 2.05) is 0 Å². The van der Waals surface area contributed by atoms with Gasteiger partial charge >= 0.3 is 0 Å². The molecule has 0 spiro atoms. The van der Waals surface area contributed by atoms with Crippen LogP contribution >= 0.6 is 0 Å². The lowest BCUT2D eigenvalue weighted by Crippen LogP contribution is -2.48. The first kappa shape index (κ1) is 18.7. The van der Waals surface area contributed by atoms with Crippen LogP contribution in [0.4, 0.5) is 4.39 Å². The van der Waals surface area contributed by atoms with Gasteiger partial charge in [-0.1, -0.05) is 13.8 Å². The molecule has 1 N–H and O–H groups in total. The molecule has 1 fully saturated rings. The number of halogens is 1. The number of hydrogen-bond donors (Lipinski definition) is 1. The molecule has 0 bridgehead atoms. The number of likely N-dealkylation sites (N-methyl/N-ethyl adjacent to an activating group) is 1. The number of ether oxygens (including phenoxy) is 1. The molecule has 134 valence electrons. The number of benzene rings is 1. The van der Waals surface area contributed by atoms with Crippen molar-refractivity contribution in [1.29, 1.82) is 0 Å². The summed E-state index contributed by atoms with van der Waals surface area (Å²) in [5.74, 6) is 0.420. The molecular formula is C18H28FN3O2. The number of hydrogen-bond acceptors (Lipinski definition) is 4. The Morgan fingerprint density at radius 1 is 1.21 bits per heavy atom. The number of piperazine rings is 1. The molecule has 1 amide bonds. The van der Waals surface area contributed by atoms with Gasteiger partial charge in [-0.2, -0.15) is 0 Å². The minimum absolute atomic E-state index is 0.0481. The van der Waals surface area contributed by atoms with E-state index in [-0.39, 0.29) is 18.3 Å². The summed E-state index contributed by atoms with van der Waals surface area (Å²) in [6, 6.07) is 5.66. The van der Waals surface area contributed by atoms with Crippen LogP contribution in [-0.2, 0) is 4.79 Å². The summed E-state index contributed by atoms with van der Waals surface area (Å²) in [6.07, 6.45) is 0. The van der Waals surface area contributed by atoms with E-state index < -0.39 is 0 Å². The van der Waals surface area contributed by atoms with Crippen LogP contribution in [0.5, 0.6) is 5.75 Å². The van der Waals surface area contributed by atoms with Gasteiger partial charge in [0, 0.05) is 39.3 Å². The number of nitrogens with one attached hydrogen (secondary N) is 1. The quantitative estimate of drug-likeness (QED) is 0.783. The molecular weight excluding hydrogens is 309 g/mol. The lowest BCUT2D eigenvalue weighted by Gasteiger charge is -2.35. The van der Waals surface area contributed by atoms with E-state index >= 15 is 0 Å². The third-order valence-corrected chi connectivity index (χ3v) is 4.31. The van der Waals surface area contributed by atoms with E-state index in [1.54, 1.807) is 0 Å². The second kappa shape index (κ2) is 9.59. The molecule has 1 aliphatic rings. The summed E-state index contributed by atoms with van der Waals surface area (Å²) in [6.45, 7) is 11.5. The fourth-order valence-electron chi connectivity index (χ4n) is 2.81. The van der Waals surface area contributed by atoms with E-state index in [0.717, 1.165) is 39.3 Å². The van der Waals surface area contributed by atoms with Crippen molar-refractivity contribution >= 4 is 5.91 Å². The number of carbonyl (C=O) groups excluding carboxylic acids is 1. The predicted octanol–water partition coefficient (Wildman–Crippen LogP) is 1.59. The van der Waals surface area contributed by atoms with Gasteiger partial charge in [0.1, 0.15) is 11.6 Å². The van der Waals surface area contributed by atoms with Gasteiger partial charge in [0.2, 0.25) is 0 Å². The highest BCUT2D eigenvalue weighted by Crippen LogP contribution is 2.10. The van der Waals surface area contributed by atoms with Crippen LogP contribution in [0.2, 0.25) is 0 Å². The summed E-state index contributed by atoms with van der Waals surface area (Å²) < 4.78 is 18.1. The lowest BCUT2D eigenvalue weighted by atomic mass is 10.1. The maximum absolute atomic E-state index is 12.8. The number of carbonyl (C=O) groups is 1. The van der Waals surface area contributed by atoms with Crippen molar-refractivity contribution in [2.45, 2.75) is 13.8 Å². The maximum atomic E-state index is 12.8. The van der Waals surface area contributed by atoms with Crippen LogP contribution in [0.15, 0.2) is 24.3 Å². The normalized spacial score (nSPS) is 17.5. The third kappa shape index (κ3) is 6.45. The van der Waals surface area contributed by atoms with Gasteiger partial charge in [-0.3, -0.25) is 4.79 Å². The van der Waals surface area contributed by atoms with Crippen molar-refractivity contribution in [3.63, 3.8) is 0 Å². The Morgan fingerprint density at radius 3 is 2.46 bits per heavy atom. The minimum atomic E-state index is -0.319. The molecule has 6 heteroatoms. The van der Waals surface area contributed by atoms with Crippen LogP contribution in [0.3, 0.4) is 0 Å². The van der Waals surface area contributed by atoms with Gasteiger partial charge in [0.15, 0.2) is 6.61 Å². The fourth-order valence-corrected chi connectivity index (χ4v) is 2.81. The van der Waals surface area contributed by atoms with Gasteiger partial charge in [0.05, 0.1) is 0 Å². The summed E-state index contributed by atoms with van der Waals surface area (Å²) in [4.78, 5) is 16.7. The highest BCUT2D eigenvalue weighted by atomic mass is 19.1. The van der Waals surface area contributed by atoms with E-state index in [4.69, 9.17) is 4.74 Å². The van der Waals surface area contributed by atoms with Gasteiger partial charge in [-0.25, -0.2) is 4.39 Å². The van der Waals surface area contributed by atoms with Crippen LogP contribution < -0.4 is 10.1 Å². The van der Waals surface area contributed by atoms with Gasteiger partial charge < -0.3 is 19.9 Å². The lowest BCUT2D eigenvalue weighted by molar-refractivity contribution is -0.123. The van der Waals surface area contributed by atoms with E-state index in [0.29, 0.717) is 18.2 Å². The zero-order valence-corrected chi connectivity index (χ0v) is 14.6. The second-order valence-electron chi connectivity index (χ2n) is 6.39. The Bertz CT molecular complexity index is 501. The van der Waals surface area contributed by atoms with Gasteiger partial charge in [0.25, 0.3) is 5.91 Å². The molecule has 1 saturated heterocycles. The maximum Gasteiger partial charge on any atom is 0.257 e. The summed E-state index contributed by atoms with van der Waals surface area (Å²) in [7, 11) is 0. The first-order chi connectivity index (χ1) is 11.6. The number of nitrogens with zero attached hydrogens (tertiary/aromatic N) is 2. The number of rotatable bonds is 8. The molecule has 1 aliphatic heterocycles. The predicted molar refractivity (Wildman–Crippen MR) is 92.6 cm³/mol. The summed E-state index contributed by atoms with van der Waals surface area (Å²) in [5.41, 5.74) is 0. The SMILES string of the molecule is CCN1CCN(CC(C)CNC(=O)COc2ccc(F)cc2)CC1. The Balaban J connectivity index is 1.60. The van der Waals surface area contributed by atoms with Crippen molar-refractivity contribution in [3.8, 4) is 5.75 Å². The van der Waals surface area contributed by atoms with Crippen molar-refractivity contribution in [2.24, 2.45) is 5.92 Å². The smallest absolute Gasteiger partial charge is 0.257 e. The molecule has 0 aromatic heterocycles. The van der Waals surface area contributed by atoms with Crippen LogP contribution in [0.25, 0.3) is 0 Å². The molecule has 1 aromatic rings. The van der Waals surface area contributed by atoms with Gasteiger partial charge in [-0.05, 0) is 36.7 Å². The molecule has 1 aromatic carbocycles. The molecule has 2 rings (SSSR count). The monoisotopic (exact) mass is 337 g/mol. The van der Waals surface area contributed by atoms with Crippen molar-refractivity contribution in [1.82, 2.24) is 15.1 Å². The van der Waals surface area contributed by atoms with E-state index in [2.05, 4.69) is 29.0 Å². The van der Waals surface area contributed by atoms with Crippen molar-refractivity contribution in [2.75, 3.05) is 52.4 Å². The third-order valence-electron chi connectivity index (χ3n) is 4.31. The molecule has 0 saturated carbocycles. The van der Waals surface area contributed by atoms with Crippen molar-refractivity contribution < 1.29 is 13.9 Å². The molecule has 24 heavy (non-hydrogen) atoms. The highest BCUT2D eigenvalue weighted by molar-refractivity contribution is 5.77. The average Bonchev–Trinajstić information content (AvgIpc) is 2.60. The molecule has 1 atom stereocenters.